The van der Waals surface area contributed by atoms with E-state index in [9.17, 15) is 23.2 Å². The van der Waals surface area contributed by atoms with Crippen LogP contribution < -0.4 is 5.32 Å². The largest absolute Gasteiger partial charge is 0.416 e. The predicted octanol–water partition coefficient (Wildman–Crippen LogP) is 5.05. The standard InChI is InChI=1S/C24H27ClF3N5O/c1-3-4-13-33(16-22(34)32(2)15-19-7-11-21(25)12-8-19)23(31-17-29)30-14-18-5-9-20(10-6-18)24(26,27)28/h5-12H,3-4,13-16H2,1-2H3,(H,30,31). The van der Waals surface area contributed by atoms with Crippen molar-refractivity contribution in [2.24, 2.45) is 4.99 Å². The molecule has 2 rings (SSSR count). The fourth-order valence-electron chi connectivity index (χ4n) is 3.08. The van der Waals surface area contributed by atoms with Crippen LogP contribution in [0.15, 0.2) is 53.5 Å². The number of benzene rings is 2. The van der Waals surface area contributed by atoms with E-state index in [1.165, 1.54) is 12.1 Å². The molecule has 0 atom stereocenters. The average Bonchev–Trinajstić information content (AvgIpc) is 2.80. The van der Waals surface area contributed by atoms with Crippen molar-refractivity contribution in [3.63, 3.8) is 0 Å². The van der Waals surface area contributed by atoms with Gasteiger partial charge in [0.25, 0.3) is 0 Å². The molecule has 10 heteroatoms. The van der Waals surface area contributed by atoms with Gasteiger partial charge < -0.3 is 9.80 Å². The molecule has 2 aromatic carbocycles. The molecule has 0 heterocycles. The van der Waals surface area contributed by atoms with E-state index < -0.39 is 11.7 Å². The summed E-state index contributed by atoms with van der Waals surface area (Å²) < 4.78 is 38.3. The predicted molar refractivity (Wildman–Crippen MR) is 126 cm³/mol. The van der Waals surface area contributed by atoms with Gasteiger partial charge >= 0.3 is 6.18 Å². The maximum absolute atomic E-state index is 12.9. The van der Waals surface area contributed by atoms with E-state index in [-0.39, 0.29) is 25.0 Å². The molecule has 1 N–H and O–H groups in total. The highest BCUT2D eigenvalue weighted by Gasteiger charge is 2.29. The third kappa shape index (κ3) is 8.60. The Hall–Kier alpha value is -3.25. The zero-order chi connectivity index (χ0) is 25.1. The summed E-state index contributed by atoms with van der Waals surface area (Å²) in [6.07, 6.45) is -0.953. The lowest BCUT2D eigenvalue weighted by Gasteiger charge is -2.27. The molecular formula is C24H27ClF3N5O. The van der Waals surface area contributed by atoms with Gasteiger partial charge in [0.1, 0.15) is 0 Å². The van der Waals surface area contributed by atoms with Crippen LogP contribution in [-0.4, -0.2) is 41.8 Å². The molecule has 0 spiro atoms. The first kappa shape index (κ1) is 27.0. The monoisotopic (exact) mass is 493 g/mol. The summed E-state index contributed by atoms with van der Waals surface area (Å²) in [5, 5.41) is 12.3. The highest BCUT2D eigenvalue weighted by Crippen LogP contribution is 2.29. The number of rotatable bonds is 9. The summed E-state index contributed by atoms with van der Waals surface area (Å²) in [4.78, 5) is 20.5. The number of hydrogen-bond donors (Lipinski definition) is 1. The van der Waals surface area contributed by atoms with Gasteiger partial charge in [-0.25, -0.2) is 4.99 Å². The first-order chi connectivity index (χ1) is 16.1. The van der Waals surface area contributed by atoms with Crippen molar-refractivity contribution in [1.29, 1.82) is 5.26 Å². The second-order valence-electron chi connectivity index (χ2n) is 7.72. The normalized spacial score (nSPS) is 11.6. The van der Waals surface area contributed by atoms with Crippen molar-refractivity contribution in [1.82, 2.24) is 15.1 Å². The van der Waals surface area contributed by atoms with Crippen LogP contribution in [0.25, 0.3) is 0 Å². The van der Waals surface area contributed by atoms with Crippen molar-refractivity contribution >= 4 is 23.5 Å². The van der Waals surface area contributed by atoms with E-state index in [1.54, 1.807) is 29.0 Å². The minimum atomic E-state index is -4.41. The number of aliphatic imine (C=N–C) groups is 1. The van der Waals surface area contributed by atoms with E-state index in [1.807, 2.05) is 25.2 Å². The molecule has 0 aliphatic heterocycles. The van der Waals surface area contributed by atoms with Crippen LogP contribution in [0.1, 0.15) is 36.5 Å². The van der Waals surface area contributed by atoms with Crippen LogP contribution in [0.4, 0.5) is 13.2 Å². The molecule has 0 aromatic heterocycles. The van der Waals surface area contributed by atoms with Crippen molar-refractivity contribution in [2.75, 3.05) is 20.1 Å². The number of nitrogens with zero attached hydrogens (tertiary/aromatic N) is 4. The molecule has 0 bridgehead atoms. The quantitative estimate of drug-likeness (QED) is 0.230. The Bertz CT molecular complexity index is 1000. The number of carbonyl (C=O) groups is 1. The highest BCUT2D eigenvalue weighted by molar-refractivity contribution is 6.30. The highest BCUT2D eigenvalue weighted by atomic mass is 35.5. The van der Waals surface area contributed by atoms with Crippen LogP contribution >= 0.6 is 11.6 Å². The first-order valence-corrected chi connectivity index (χ1v) is 11.1. The van der Waals surface area contributed by atoms with E-state index in [2.05, 4.69) is 10.3 Å². The third-order valence-corrected chi connectivity index (χ3v) is 5.28. The van der Waals surface area contributed by atoms with Crippen LogP contribution in [0.3, 0.4) is 0 Å². The number of nitrogens with one attached hydrogen (secondary N) is 1. The Morgan fingerprint density at radius 3 is 2.29 bits per heavy atom. The molecule has 0 fully saturated rings. The van der Waals surface area contributed by atoms with E-state index in [0.29, 0.717) is 23.7 Å². The Kier molecular flexibility index (Phi) is 10.2. The zero-order valence-electron chi connectivity index (χ0n) is 19.1. The van der Waals surface area contributed by atoms with Gasteiger partial charge in [0.15, 0.2) is 6.19 Å². The van der Waals surface area contributed by atoms with Gasteiger partial charge in [0, 0.05) is 25.2 Å². The Balaban J connectivity index is 2.13. The summed E-state index contributed by atoms with van der Waals surface area (Å²) in [5.41, 5.74) is 0.730. The molecule has 182 valence electrons. The van der Waals surface area contributed by atoms with Crippen LogP contribution in [0.2, 0.25) is 5.02 Å². The molecule has 0 unspecified atom stereocenters. The molecule has 0 aliphatic carbocycles. The van der Waals surface area contributed by atoms with Gasteiger partial charge in [-0.1, -0.05) is 49.2 Å². The molecule has 0 radical (unpaired) electrons. The minimum absolute atomic E-state index is 0.00931. The first-order valence-electron chi connectivity index (χ1n) is 10.7. The van der Waals surface area contributed by atoms with Crippen LogP contribution in [0, 0.1) is 11.5 Å². The van der Waals surface area contributed by atoms with Gasteiger partial charge in [-0.05, 0) is 41.8 Å². The SMILES string of the molecule is CCCCN(CC(=O)N(C)Cc1ccc(Cl)cc1)C(=NCc1ccc(C(F)(F)F)cc1)NC#N. The lowest BCUT2D eigenvalue weighted by Crippen LogP contribution is -2.46. The zero-order valence-corrected chi connectivity index (χ0v) is 19.8. The number of halogens is 4. The lowest BCUT2D eigenvalue weighted by atomic mass is 10.1. The summed E-state index contributed by atoms with van der Waals surface area (Å²) >= 11 is 5.91. The number of unbranched alkanes of at least 4 members (excludes halogenated alkanes) is 1. The second-order valence-corrected chi connectivity index (χ2v) is 8.16. The molecule has 34 heavy (non-hydrogen) atoms. The average molecular weight is 494 g/mol. The summed E-state index contributed by atoms with van der Waals surface area (Å²) in [7, 11) is 1.69. The van der Waals surface area contributed by atoms with Gasteiger partial charge in [-0.3, -0.25) is 10.1 Å². The molecule has 0 saturated carbocycles. The third-order valence-electron chi connectivity index (χ3n) is 5.03. The Morgan fingerprint density at radius 2 is 1.74 bits per heavy atom. The van der Waals surface area contributed by atoms with Crippen molar-refractivity contribution in [2.45, 2.75) is 39.0 Å². The maximum Gasteiger partial charge on any atom is 0.416 e. The smallest absolute Gasteiger partial charge is 0.340 e. The molecule has 6 nitrogen and oxygen atoms in total. The summed E-state index contributed by atoms with van der Waals surface area (Å²) in [6, 6.07) is 11.9. The number of nitriles is 1. The fraction of sp³-hybridized carbons (Fsp3) is 0.375. The number of hydrogen-bond acceptors (Lipinski definition) is 3. The lowest BCUT2D eigenvalue weighted by molar-refractivity contribution is -0.137. The second kappa shape index (κ2) is 12.8. The molecule has 0 aliphatic rings. The summed E-state index contributed by atoms with van der Waals surface area (Å²) in [6.45, 7) is 2.92. The van der Waals surface area contributed by atoms with Gasteiger partial charge in [0.2, 0.25) is 11.9 Å². The van der Waals surface area contributed by atoms with E-state index in [4.69, 9.17) is 11.6 Å². The topological polar surface area (TPSA) is 71.7 Å². The van der Waals surface area contributed by atoms with Crippen molar-refractivity contribution < 1.29 is 18.0 Å². The van der Waals surface area contributed by atoms with Crippen LogP contribution in [-0.2, 0) is 24.1 Å². The number of carbonyl (C=O) groups excluding carboxylic acids is 1. The van der Waals surface area contributed by atoms with Crippen LogP contribution in [0.5, 0.6) is 0 Å². The Labute approximate surface area is 202 Å². The molecule has 2 aromatic rings. The molecule has 1 amide bonds. The number of amides is 1. The number of likely N-dealkylation sites (N-methyl/N-ethyl adjacent to an activating group) is 1. The maximum atomic E-state index is 12.9. The molecular weight excluding hydrogens is 467 g/mol. The number of guanidine groups is 1. The minimum Gasteiger partial charge on any atom is -0.340 e. The van der Waals surface area contributed by atoms with E-state index >= 15 is 0 Å². The Morgan fingerprint density at radius 1 is 1.12 bits per heavy atom. The fourth-order valence-corrected chi connectivity index (χ4v) is 3.20. The van der Waals surface area contributed by atoms with Gasteiger partial charge in [-0.15, -0.1) is 0 Å². The number of alkyl halides is 3. The van der Waals surface area contributed by atoms with Gasteiger partial charge in [-0.2, -0.15) is 18.4 Å². The van der Waals surface area contributed by atoms with Crippen molar-refractivity contribution in [3.8, 4) is 6.19 Å². The van der Waals surface area contributed by atoms with E-state index in [0.717, 1.165) is 30.5 Å². The summed E-state index contributed by atoms with van der Waals surface area (Å²) in [5.74, 6) is 0.0251. The van der Waals surface area contributed by atoms with Gasteiger partial charge in [0.05, 0.1) is 18.7 Å². The molecule has 0 saturated heterocycles. The van der Waals surface area contributed by atoms with Crippen molar-refractivity contribution in [3.05, 3.63) is 70.2 Å².